The zero-order valence-electron chi connectivity index (χ0n) is 12.7. The highest BCUT2D eigenvalue weighted by Gasteiger charge is 2.24. The molecule has 0 aliphatic carbocycles. The molecule has 112 valence electrons. The van der Waals surface area contributed by atoms with E-state index in [-0.39, 0.29) is 5.91 Å². The molecule has 1 aliphatic rings. The van der Waals surface area contributed by atoms with Crippen LogP contribution in [0, 0.1) is 0 Å². The van der Waals surface area contributed by atoms with Crippen LogP contribution in [-0.4, -0.2) is 38.0 Å². The van der Waals surface area contributed by atoms with Gasteiger partial charge in [0.05, 0.1) is 6.20 Å². The van der Waals surface area contributed by atoms with Gasteiger partial charge in [-0.25, -0.2) is 9.50 Å². The van der Waals surface area contributed by atoms with E-state index in [1.54, 1.807) is 6.20 Å². The van der Waals surface area contributed by atoms with Crippen LogP contribution in [0.15, 0.2) is 18.3 Å². The van der Waals surface area contributed by atoms with E-state index in [0.29, 0.717) is 11.7 Å². The van der Waals surface area contributed by atoms with Gasteiger partial charge in [0, 0.05) is 24.3 Å². The summed E-state index contributed by atoms with van der Waals surface area (Å²) in [5, 5.41) is 4.26. The van der Waals surface area contributed by atoms with Crippen molar-refractivity contribution in [1.82, 2.24) is 19.5 Å². The fraction of sp³-hybridized carbons (Fsp3) is 0.562. The van der Waals surface area contributed by atoms with E-state index in [1.165, 1.54) is 12.8 Å². The van der Waals surface area contributed by atoms with Crippen molar-refractivity contribution < 1.29 is 4.79 Å². The van der Waals surface area contributed by atoms with Gasteiger partial charge in [-0.1, -0.05) is 19.8 Å². The van der Waals surface area contributed by atoms with E-state index in [1.807, 2.05) is 21.5 Å². The van der Waals surface area contributed by atoms with Gasteiger partial charge >= 0.3 is 0 Å². The van der Waals surface area contributed by atoms with Crippen molar-refractivity contribution in [2.24, 2.45) is 0 Å². The Labute approximate surface area is 125 Å². The lowest BCUT2D eigenvalue weighted by Crippen LogP contribution is -2.38. The van der Waals surface area contributed by atoms with Crippen molar-refractivity contribution >= 4 is 11.6 Å². The molecule has 0 spiro atoms. The SMILES string of the molecule is CCc1cc(C(=O)N2CCCCCC2C)nc2ccnn12. The zero-order chi connectivity index (χ0) is 14.8. The Morgan fingerprint density at radius 3 is 3.05 bits per heavy atom. The topological polar surface area (TPSA) is 50.5 Å². The number of rotatable bonds is 2. The average Bonchev–Trinajstić information content (AvgIpc) is 2.87. The normalized spacial score (nSPS) is 19.7. The second-order valence-electron chi connectivity index (χ2n) is 5.78. The Bertz CT molecular complexity index is 649. The molecule has 1 unspecified atom stereocenters. The van der Waals surface area contributed by atoms with Gasteiger partial charge in [0.15, 0.2) is 5.65 Å². The Hall–Kier alpha value is -1.91. The first-order valence-electron chi connectivity index (χ1n) is 7.85. The quantitative estimate of drug-likeness (QED) is 0.853. The first kappa shape index (κ1) is 14.0. The summed E-state index contributed by atoms with van der Waals surface area (Å²) in [6.45, 7) is 5.05. The van der Waals surface area contributed by atoms with Crippen LogP contribution >= 0.6 is 0 Å². The standard InChI is InChI=1S/C16H22N4O/c1-3-13-11-14(18-15-8-9-17-20(13)15)16(21)19-10-6-4-5-7-12(19)2/h8-9,11-12H,3-7,10H2,1-2H3. The molecule has 2 aromatic rings. The van der Waals surface area contributed by atoms with E-state index in [4.69, 9.17) is 0 Å². The van der Waals surface area contributed by atoms with Crippen molar-refractivity contribution in [2.45, 2.75) is 52.0 Å². The molecule has 5 nitrogen and oxygen atoms in total. The van der Waals surface area contributed by atoms with Crippen molar-refractivity contribution in [1.29, 1.82) is 0 Å². The minimum atomic E-state index is 0.0581. The van der Waals surface area contributed by atoms with Crippen LogP contribution in [0.4, 0.5) is 0 Å². The lowest BCUT2D eigenvalue weighted by molar-refractivity contribution is 0.0692. The summed E-state index contributed by atoms with van der Waals surface area (Å²) in [5.74, 6) is 0.0581. The molecule has 1 saturated heterocycles. The fourth-order valence-electron chi connectivity index (χ4n) is 3.06. The average molecular weight is 286 g/mol. The predicted molar refractivity (Wildman–Crippen MR) is 81.3 cm³/mol. The van der Waals surface area contributed by atoms with Gasteiger partial charge in [0.1, 0.15) is 5.69 Å². The third-order valence-electron chi connectivity index (χ3n) is 4.33. The molecule has 0 radical (unpaired) electrons. The van der Waals surface area contributed by atoms with Gasteiger partial charge < -0.3 is 4.90 Å². The van der Waals surface area contributed by atoms with E-state index in [0.717, 1.165) is 37.1 Å². The number of aryl methyl sites for hydroxylation is 1. The first-order valence-corrected chi connectivity index (χ1v) is 7.85. The highest BCUT2D eigenvalue weighted by atomic mass is 16.2. The number of likely N-dealkylation sites (tertiary alicyclic amines) is 1. The molecule has 3 heterocycles. The predicted octanol–water partition coefficient (Wildman–Crippen LogP) is 2.70. The van der Waals surface area contributed by atoms with Crippen LogP contribution < -0.4 is 0 Å². The number of aromatic nitrogens is 3. The molecule has 21 heavy (non-hydrogen) atoms. The highest BCUT2D eigenvalue weighted by molar-refractivity contribution is 5.93. The number of carbonyl (C=O) groups is 1. The van der Waals surface area contributed by atoms with Crippen LogP contribution in [0.2, 0.25) is 0 Å². The van der Waals surface area contributed by atoms with Crippen LogP contribution in [0.3, 0.4) is 0 Å². The maximum absolute atomic E-state index is 12.8. The highest BCUT2D eigenvalue weighted by Crippen LogP contribution is 2.19. The maximum atomic E-state index is 12.8. The van der Waals surface area contributed by atoms with Crippen molar-refractivity contribution in [2.75, 3.05) is 6.54 Å². The minimum absolute atomic E-state index is 0.0581. The molecule has 1 fully saturated rings. The third kappa shape index (κ3) is 2.64. The van der Waals surface area contributed by atoms with Crippen LogP contribution in [0.25, 0.3) is 5.65 Å². The van der Waals surface area contributed by atoms with E-state index < -0.39 is 0 Å². The second kappa shape index (κ2) is 5.84. The van der Waals surface area contributed by atoms with Gasteiger partial charge in [-0.15, -0.1) is 0 Å². The van der Waals surface area contributed by atoms with Crippen molar-refractivity contribution in [3.05, 3.63) is 29.7 Å². The molecule has 1 atom stereocenters. The second-order valence-corrected chi connectivity index (χ2v) is 5.78. The van der Waals surface area contributed by atoms with Crippen LogP contribution in [-0.2, 0) is 6.42 Å². The molecule has 0 N–H and O–H groups in total. The largest absolute Gasteiger partial charge is 0.335 e. The molecule has 3 rings (SSSR count). The van der Waals surface area contributed by atoms with Gasteiger partial charge in [-0.3, -0.25) is 4.79 Å². The molecule has 1 aliphatic heterocycles. The Balaban J connectivity index is 1.96. The number of hydrogen-bond donors (Lipinski definition) is 0. The Morgan fingerprint density at radius 2 is 2.24 bits per heavy atom. The summed E-state index contributed by atoms with van der Waals surface area (Å²) in [6.07, 6.45) is 7.15. The fourth-order valence-corrected chi connectivity index (χ4v) is 3.06. The molecule has 0 bridgehead atoms. The summed E-state index contributed by atoms with van der Waals surface area (Å²) in [7, 11) is 0. The monoisotopic (exact) mass is 286 g/mol. The van der Waals surface area contributed by atoms with Crippen LogP contribution in [0.1, 0.15) is 55.7 Å². The first-order chi connectivity index (χ1) is 10.2. The molecular formula is C16H22N4O. The summed E-state index contributed by atoms with van der Waals surface area (Å²) in [5.41, 5.74) is 2.32. The number of carbonyl (C=O) groups excluding carboxylic acids is 1. The summed E-state index contributed by atoms with van der Waals surface area (Å²) < 4.78 is 1.81. The molecule has 5 heteroatoms. The number of nitrogens with zero attached hydrogens (tertiary/aromatic N) is 4. The number of fused-ring (bicyclic) bond motifs is 1. The summed E-state index contributed by atoms with van der Waals surface area (Å²) in [6, 6.07) is 4.04. The molecule has 0 saturated carbocycles. The maximum Gasteiger partial charge on any atom is 0.272 e. The van der Waals surface area contributed by atoms with Gasteiger partial charge in [0.25, 0.3) is 5.91 Å². The Kier molecular flexibility index (Phi) is 3.90. The minimum Gasteiger partial charge on any atom is -0.335 e. The van der Waals surface area contributed by atoms with Crippen molar-refractivity contribution in [3.63, 3.8) is 0 Å². The van der Waals surface area contributed by atoms with E-state index >= 15 is 0 Å². The van der Waals surface area contributed by atoms with E-state index in [2.05, 4.69) is 23.9 Å². The summed E-state index contributed by atoms with van der Waals surface area (Å²) in [4.78, 5) is 19.3. The Morgan fingerprint density at radius 1 is 1.38 bits per heavy atom. The van der Waals surface area contributed by atoms with Crippen molar-refractivity contribution in [3.8, 4) is 0 Å². The van der Waals surface area contributed by atoms with E-state index in [9.17, 15) is 4.79 Å². The van der Waals surface area contributed by atoms with Gasteiger partial charge in [-0.2, -0.15) is 5.10 Å². The number of amides is 1. The molecule has 1 amide bonds. The molecule has 2 aromatic heterocycles. The van der Waals surface area contributed by atoms with Crippen LogP contribution in [0.5, 0.6) is 0 Å². The molecular weight excluding hydrogens is 264 g/mol. The lowest BCUT2D eigenvalue weighted by atomic mass is 10.1. The third-order valence-corrected chi connectivity index (χ3v) is 4.33. The smallest absolute Gasteiger partial charge is 0.272 e. The zero-order valence-corrected chi connectivity index (χ0v) is 12.7. The van der Waals surface area contributed by atoms with Gasteiger partial charge in [0.2, 0.25) is 0 Å². The lowest BCUT2D eigenvalue weighted by Gasteiger charge is -2.27. The van der Waals surface area contributed by atoms with Gasteiger partial charge in [-0.05, 0) is 32.3 Å². The number of hydrogen-bond acceptors (Lipinski definition) is 3. The summed E-state index contributed by atoms with van der Waals surface area (Å²) >= 11 is 0. The molecule has 0 aromatic carbocycles.